The van der Waals surface area contributed by atoms with Crippen LogP contribution in [0.25, 0.3) is 0 Å². The van der Waals surface area contributed by atoms with Gasteiger partial charge < -0.3 is 0 Å². The van der Waals surface area contributed by atoms with E-state index in [9.17, 15) is 0 Å². The van der Waals surface area contributed by atoms with E-state index >= 15 is 0 Å². The third kappa shape index (κ3) is 3.66. The highest BCUT2D eigenvalue weighted by atomic mass is 14.0. The maximum atomic E-state index is 5.20. The van der Waals surface area contributed by atoms with E-state index in [1.807, 2.05) is 6.08 Å². The van der Waals surface area contributed by atoms with Crippen LogP contribution in [0.5, 0.6) is 0 Å². The normalized spacial score (nSPS) is 12.6. The van der Waals surface area contributed by atoms with Crippen LogP contribution in [0.15, 0.2) is 18.7 Å². The standard InChI is InChI=1S/C8H13/c1-4-6-8(3)7-5-2/h1,4-5,8H,2,6-7H2,3H3. The second-order valence-electron chi connectivity index (χ2n) is 2.10. The molecule has 45 valence electrons. The summed E-state index contributed by atoms with van der Waals surface area (Å²) in [5, 5.41) is 0. The Morgan fingerprint density at radius 3 is 2.62 bits per heavy atom. The maximum absolute atomic E-state index is 5.20. The van der Waals surface area contributed by atoms with Gasteiger partial charge in [-0.15, -0.1) is 6.58 Å². The Balaban J connectivity index is 3.16. The Kier molecular flexibility index (Phi) is 4.33. The highest BCUT2D eigenvalue weighted by Crippen LogP contribution is 2.06. The van der Waals surface area contributed by atoms with Gasteiger partial charge in [-0.2, -0.15) is 0 Å². The molecule has 0 aliphatic rings. The smallest absolute Gasteiger partial charge is 0.0319 e. The third-order valence-electron chi connectivity index (χ3n) is 1.11. The van der Waals surface area contributed by atoms with Crippen molar-refractivity contribution in [3.63, 3.8) is 0 Å². The summed E-state index contributed by atoms with van der Waals surface area (Å²) in [6, 6.07) is 0. The highest BCUT2D eigenvalue weighted by Gasteiger charge is 1.92. The summed E-state index contributed by atoms with van der Waals surface area (Å²) in [5.74, 6) is 0.664. The van der Waals surface area contributed by atoms with Crippen LogP contribution in [0, 0.1) is 12.5 Å². The molecule has 0 amide bonds. The molecular weight excluding hydrogens is 96.1 g/mol. The number of allylic oxidation sites excluding steroid dienone is 2. The lowest BCUT2D eigenvalue weighted by Gasteiger charge is -2.01. The van der Waals surface area contributed by atoms with Gasteiger partial charge in [-0.3, -0.25) is 0 Å². The summed E-state index contributed by atoms with van der Waals surface area (Å²) in [7, 11) is 0. The Morgan fingerprint density at radius 1 is 1.62 bits per heavy atom. The SMILES string of the molecule is [CH]=CCC(C)CC=C. The molecule has 0 saturated carbocycles. The lowest BCUT2D eigenvalue weighted by Crippen LogP contribution is -1.87. The highest BCUT2D eigenvalue weighted by molar-refractivity contribution is 4.75. The minimum atomic E-state index is 0.664. The van der Waals surface area contributed by atoms with Crippen LogP contribution in [0.1, 0.15) is 19.8 Å². The molecular formula is C8H13. The van der Waals surface area contributed by atoms with Gasteiger partial charge in [0.25, 0.3) is 0 Å². The fourth-order valence-electron chi connectivity index (χ4n) is 0.613. The van der Waals surface area contributed by atoms with Crippen LogP contribution < -0.4 is 0 Å². The Hall–Kier alpha value is -0.520. The van der Waals surface area contributed by atoms with Crippen molar-refractivity contribution >= 4 is 0 Å². The molecule has 1 radical (unpaired) electrons. The molecule has 0 heteroatoms. The summed E-state index contributed by atoms with van der Waals surface area (Å²) in [6.07, 6.45) is 5.68. The maximum Gasteiger partial charge on any atom is -0.0319 e. The minimum absolute atomic E-state index is 0.664. The first-order valence-corrected chi connectivity index (χ1v) is 2.95. The summed E-state index contributed by atoms with van der Waals surface area (Å²) in [4.78, 5) is 0. The molecule has 0 aliphatic carbocycles. The minimum Gasteiger partial charge on any atom is -0.103 e. The Morgan fingerprint density at radius 2 is 2.25 bits per heavy atom. The molecule has 1 atom stereocenters. The predicted molar refractivity (Wildman–Crippen MR) is 37.5 cm³/mol. The number of hydrogen-bond donors (Lipinski definition) is 0. The first kappa shape index (κ1) is 7.48. The van der Waals surface area contributed by atoms with Gasteiger partial charge in [0.2, 0.25) is 0 Å². The van der Waals surface area contributed by atoms with Gasteiger partial charge in [-0.05, 0) is 18.8 Å². The van der Waals surface area contributed by atoms with E-state index in [0.717, 1.165) is 12.8 Å². The van der Waals surface area contributed by atoms with Crippen LogP contribution in [0.3, 0.4) is 0 Å². The van der Waals surface area contributed by atoms with Gasteiger partial charge >= 0.3 is 0 Å². The van der Waals surface area contributed by atoms with Crippen molar-refractivity contribution in [2.75, 3.05) is 0 Å². The Labute approximate surface area is 51.9 Å². The van der Waals surface area contributed by atoms with E-state index in [-0.39, 0.29) is 0 Å². The molecule has 0 aromatic heterocycles. The zero-order valence-electron chi connectivity index (χ0n) is 5.43. The van der Waals surface area contributed by atoms with E-state index in [2.05, 4.69) is 13.5 Å². The van der Waals surface area contributed by atoms with E-state index in [4.69, 9.17) is 6.58 Å². The van der Waals surface area contributed by atoms with E-state index < -0.39 is 0 Å². The monoisotopic (exact) mass is 109 g/mol. The molecule has 0 spiro atoms. The molecule has 1 unspecified atom stereocenters. The summed E-state index contributed by atoms with van der Waals surface area (Å²) in [6.45, 7) is 11.0. The van der Waals surface area contributed by atoms with Crippen molar-refractivity contribution in [1.29, 1.82) is 0 Å². The summed E-state index contributed by atoms with van der Waals surface area (Å²) in [5.41, 5.74) is 0. The van der Waals surface area contributed by atoms with Gasteiger partial charge in [0, 0.05) is 0 Å². The molecule has 8 heavy (non-hydrogen) atoms. The van der Waals surface area contributed by atoms with Crippen molar-refractivity contribution in [3.8, 4) is 0 Å². The number of hydrogen-bond acceptors (Lipinski definition) is 0. The van der Waals surface area contributed by atoms with Gasteiger partial charge in [-0.1, -0.05) is 25.7 Å². The lowest BCUT2D eigenvalue weighted by molar-refractivity contribution is 0.604. The molecule has 0 heterocycles. The molecule has 0 aliphatic heterocycles. The topological polar surface area (TPSA) is 0 Å². The van der Waals surface area contributed by atoms with Gasteiger partial charge in [0.05, 0.1) is 0 Å². The molecule has 0 nitrogen and oxygen atoms in total. The molecule has 0 bridgehead atoms. The van der Waals surface area contributed by atoms with Gasteiger partial charge in [0.1, 0.15) is 0 Å². The van der Waals surface area contributed by atoms with Crippen molar-refractivity contribution in [3.05, 3.63) is 25.3 Å². The molecule has 0 aromatic carbocycles. The average Bonchev–Trinajstić information content (AvgIpc) is 1.68. The molecule has 0 aromatic rings. The van der Waals surface area contributed by atoms with Crippen molar-refractivity contribution in [1.82, 2.24) is 0 Å². The van der Waals surface area contributed by atoms with Crippen molar-refractivity contribution in [2.24, 2.45) is 5.92 Å². The van der Waals surface area contributed by atoms with Crippen molar-refractivity contribution in [2.45, 2.75) is 19.8 Å². The molecule has 0 N–H and O–H groups in total. The largest absolute Gasteiger partial charge is 0.103 e. The second-order valence-corrected chi connectivity index (χ2v) is 2.10. The van der Waals surface area contributed by atoms with Crippen LogP contribution in [-0.4, -0.2) is 0 Å². The zero-order chi connectivity index (χ0) is 6.41. The summed E-state index contributed by atoms with van der Waals surface area (Å²) < 4.78 is 0. The second kappa shape index (κ2) is 4.63. The molecule has 0 fully saturated rings. The van der Waals surface area contributed by atoms with Gasteiger partial charge in [-0.25, -0.2) is 0 Å². The number of rotatable bonds is 4. The van der Waals surface area contributed by atoms with Crippen molar-refractivity contribution < 1.29 is 0 Å². The van der Waals surface area contributed by atoms with E-state index in [0.29, 0.717) is 5.92 Å². The van der Waals surface area contributed by atoms with Crippen LogP contribution in [-0.2, 0) is 0 Å². The first-order valence-electron chi connectivity index (χ1n) is 2.95. The average molecular weight is 109 g/mol. The van der Waals surface area contributed by atoms with Crippen LogP contribution in [0.4, 0.5) is 0 Å². The van der Waals surface area contributed by atoms with E-state index in [1.54, 1.807) is 6.08 Å². The first-order chi connectivity index (χ1) is 3.81. The Bertz CT molecular complexity index is 62.1. The molecule has 0 saturated heterocycles. The fraction of sp³-hybridized carbons (Fsp3) is 0.500. The lowest BCUT2D eigenvalue weighted by atomic mass is 10.0. The summed E-state index contributed by atoms with van der Waals surface area (Å²) >= 11 is 0. The van der Waals surface area contributed by atoms with Gasteiger partial charge in [0.15, 0.2) is 0 Å². The molecule has 0 rings (SSSR count). The van der Waals surface area contributed by atoms with E-state index in [1.165, 1.54) is 0 Å². The third-order valence-corrected chi connectivity index (χ3v) is 1.11. The zero-order valence-corrected chi connectivity index (χ0v) is 5.43. The van der Waals surface area contributed by atoms with Crippen LogP contribution >= 0.6 is 0 Å². The quantitative estimate of drug-likeness (QED) is 0.487. The fourth-order valence-corrected chi connectivity index (χ4v) is 0.613. The van der Waals surface area contributed by atoms with Crippen LogP contribution in [0.2, 0.25) is 0 Å². The predicted octanol–water partition coefficient (Wildman–Crippen LogP) is 2.58.